The topological polar surface area (TPSA) is 112 Å². The van der Waals surface area contributed by atoms with Crippen LogP contribution in [0, 0.1) is 22.7 Å². The average Bonchev–Trinajstić information content (AvgIpc) is 3.70. The Bertz CT molecular complexity index is 1300. The quantitative estimate of drug-likeness (QED) is 0.304. The average molecular weight is 548 g/mol. The van der Waals surface area contributed by atoms with Crippen LogP contribution in [0.2, 0.25) is 5.02 Å². The number of hydrogen-bond donors (Lipinski definition) is 3. The first-order valence-corrected chi connectivity index (χ1v) is 14.3. The largest absolute Gasteiger partial charge is 0.386 e. The maximum Gasteiger partial charge on any atom is 0.275 e. The van der Waals surface area contributed by atoms with Gasteiger partial charge in [-0.1, -0.05) is 62.7 Å². The van der Waals surface area contributed by atoms with Crippen molar-refractivity contribution in [1.82, 2.24) is 10.2 Å². The van der Waals surface area contributed by atoms with Gasteiger partial charge in [-0.3, -0.25) is 20.0 Å². The van der Waals surface area contributed by atoms with E-state index in [-0.39, 0.29) is 35.7 Å². The summed E-state index contributed by atoms with van der Waals surface area (Å²) in [5.74, 6) is 0.494. The number of nitrogens with two attached hydrogens (primary N) is 1. The second-order valence-corrected chi connectivity index (χ2v) is 12.8. The van der Waals surface area contributed by atoms with E-state index in [0.717, 1.165) is 44.1 Å². The third kappa shape index (κ3) is 5.46. The van der Waals surface area contributed by atoms with Gasteiger partial charge in [-0.25, -0.2) is 0 Å². The highest BCUT2D eigenvalue weighted by atomic mass is 35.5. The fourth-order valence-electron chi connectivity index (χ4n) is 6.28. The zero-order valence-electron chi connectivity index (χ0n) is 23.0. The van der Waals surface area contributed by atoms with Gasteiger partial charge in [-0.2, -0.15) is 0 Å². The van der Waals surface area contributed by atoms with Crippen molar-refractivity contribution in [1.29, 1.82) is 5.41 Å². The number of amidine groups is 1. The second-order valence-electron chi connectivity index (χ2n) is 12.4. The fourth-order valence-corrected chi connectivity index (χ4v) is 6.50. The molecule has 5 rings (SSSR count). The van der Waals surface area contributed by atoms with Crippen molar-refractivity contribution in [3.63, 3.8) is 0 Å². The van der Waals surface area contributed by atoms with Gasteiger partial charge >= 0.3 is 0 Å². The molecule has 2 fully saturated rings. The van der Waals surface area contributed by atoms with Crippen LogP contribution in [0.25, 0.3) is 0 Å². The van der Waals surface area contributed by atoms with Crippen LogP contribution in [-0.2, 0) is 4.79 Å². The third-order valence-corrected chi connectivity index (χ3v) is 8.96. The predicted octanol–water partition coefficient (Wildman–Crippen LogP) is 5.72. The summed E-state index contributed by atoms with van der Waals surface area (Å²) in [5, 5.41) is 10.5. The molecule has 0 saturated heterocycles. The zero-order valence-corrected chi connectivity index (χ0v) is 23.7. The van der Waals surface area contributed by atoms with Crippen LogP contribution in [0.4, 0.5) is 0 Å². The molecule has 7 nitrogen and oxygen atoms in total. The third-order valence-electron chi connectivity index (χ3n) is 8.63. The normalized spacial score (nSPS) is 24.0. The van der Waals surface area contributed by atoms with E-state index in [1.54, 1.807) is 12.1 Å². The van der Waals surface area contributed by atoms with Crippen molar-refractivity contribution in [3.05, 3.63) is 70.2 Å². The van der Waals surface area contributed by atoms with Gasteiger partial charge in [-0.05, 0) is 79.5 Å². The minimum Gasteiger partial charge on any atom is -0.386 e. The number of rotatable bonds is 7. The number of carbonyl (C=O) groups is 2. The number of hydrogen-bond acceptors (Lipinski definition) is 4. The molecule has 2 aromatic carbocycles. The predicted molar refractivity (Wildman–Crippen MR) is 155 cm³/mol. The van der Waals surface area contributed by atoms with Gasteiger partial charge in [-0.15, -0.1) is 0 Å². The smallest absolute Gasteiger partial charge is 0.275 e. The van der Waals surface area contributed by atoms with Gasteiger partial charge in [0, 0.05) is 11.1 Å². The number of carbonyl (C=O) groups excluding carboxylic acids is 2. The number of nitrogens with zero attached hydrogens (tertiary/aromatic N) is 2. The number of halogens is 1. The molecule has 2 aliphatic carbocycles. The molecule has 0 radical (unpaired) electrons. The van der Waals surface area contributed by atoms with Crippen LogP contribution in [0.5, 0.6) is 0 Å². The highest BCUT2D eigenvalue weighted by Gasteiger charge is 2.55. The molecule has 1 aliphatic heterocycles. The van der Waals surface area contributed by atoms with E-state index in [0.29, 0.717) is 33.7 Å². The van der Waals surface area contributed by atoms with Gasteiger partial charge in [0.05, 0.1) is 17.6 Å². The van der Waals surface area contributed by atoms with Crippen LogP contribution < -0.4 is 11.1 Å². The Balaban J connectivity index is 1.51. The summed E-state index contributed by atoms with van der Waals surface area (Å²) in [7, 11) is 0. The summed E-state index contributed by atoms with van der Waals surface area (Å²) in [6.07, 6.45) is 5.78. The van der Waals surface area contributed by atoms with Crippen LogP contribution in [0.15, 0.2) is 53.5 Å². The number of aliphatic imine (C=N–C) groups is 1. The van der Waals surface area contributed by atoms with E-state index in [4.69, 9.17) is 27.7 Å². The molecule has 2 amide bonds. The first-order valence-electron chi connectivity index (χ1n) is 13.9. The van der Waals surface area contributed by atoms with E-state index < -0.39 is 5.66 Å². The van der Waals surface area contributed by atoms with Crippen molar-refractivity contribution < 1.29 is 9.59 Å². The summed E-state index contributed by atoms with van der Waals surface area (Å²) in [6, 6.07) is 14.8. The molecule has 1 heterocycles. The molecule has 1 unspecified atom stereocenters. The van der Waals surface area contributed by atoms with Gasteiger partial charge in [0.15, 0.2) is 0 Å². The molecule has 0 bridgehead atoms. The lowest BCUT2D eigenvalue weighted by molar-refractivity contribution is -0.134. The summed E-state index contributed by atoms with van der Waals surface area (Å²) in [5.41, 5.74) is 7.65. The molecule has 206 valence electrons. The van der Waals surface area contributed by atoms with Crippen LogP contribution in [-0.4, -0.2) is 40.5 Å². The van der Waals surface area contributed by atoms with E-state index in [2.05, 4.69) is 31.0 Å². The van der Waals surface area contributed by atoms with Gasteiger partial charge in [0.2, 0.25) is 0 Å². The molecular formula is C31H38ClN5O2. The Morgan fingerprint density at radius 2 is 1.77 bits per heavy atom. The molecule has 2 saturated carbocycles. The van der Waals surface area contributed by atoms with E-state index in [9.17, 15) is 9.59 Å². The maximum atomic E-state index is 14.3. The van der Waals surface area contributed by atoms with Crippen molar-refractivity contribution in [2.45, 2.75) is 71.0 Å². The lowest BCUT2D eigenvalue weighted by Gasteiger charge is -2.47. The van der Waals surface area contributed by atoms with Crippen molar-refractivity contribution in [3.8, 4) is 0 Å². The monoisotopic (exact) mass is 547 g/mol. The van der Waals surface area contributed by atoms with E-state index in [1.807, 2.05) is 36.4 Å². The summed E-state index contributed by atoms with van der Waals surface area (Å²) < 4.78 is 0. The summed E-state index contributed by atoms with van der Waals surface area (Å²) in [4.78, 5) is 34.2. The molecule has 4 N–H and O–H groups in total. The lowest BCUT2D eigenvalue weighted by atomic mass is 9.69. The molecule has 8 heteroatoms. The SMILES string of the molecule is CC(C)(C)C1CCC2(CC1)N=C(c1ccccc1Cl)C(=O)N2C(c1ccc(C(=O)NCC(=N)N)cc1)C1CC1. The molecule has 2 aromatic rings. The molecule has 1 atom stereocenters. The van der Waals surface area contributed by atoms with Gasteiger partial charge < -0.3 is 16.0 Å². The summed E-state index contributed by atoms with van der Waals surface area (Å²) >= 11 is 6.58. The molecule has 0 aromatic heterocycles. The lowest BCUT2D eigenvalue weighted by Crippen LogP contribution is -2.52. The second kappa shape index (κ2) is 10.4. The zero-order chi connectivity index (χ0) is 27.9. The minimum atomic E-state index is -0.599. The Morgan fingerprint density at radius 1 is 1.13 bits per heavy atom. The Labute approximate surface area is 235 Å². The standard InChI is InChI=1S/C31H38ClN5O2/c1-30(2,3)22-14-16-31(17-15-22)36-26(23-6-4-5-7-24(23)32)29(39)37(31)27(19-8-9-19)20-10-12-21(13-11-20)28(38)35-18-25(33)34/h4-7,10-13,19,22,27H,8-9,14-18H2,1-3H3,(H3,33,34)(H,35,38). The maximum absolute atomic E-state index is 14.3. The van der Waals surface area contributed by atoms with Crippen molar-refractivity contribution in [2.75, 3.05) is 6.54 Å². The fraction of sp³-hybridized carbons (Fsp3) is 0.484. The molecule has 1 spiro atoms. The van der Waals surface area contributed by atoms with Crippen LogP contribution in [0.1, 0.15) is 86.8 Å². The van der Waals surface area contributed by atoms with Crippen molar-refractivity contribution in [2.24, 2.45) is 28.0 Å². The molecule has 39 heavy (non-hydrogen) atoms. The highest BCUT2D eigenvalue weighted by molar-refractivity contribution is 6.50. The molecular weight excluding hydrogens is 510 g/mol. The van der Waals surface area contributed by atoms with Gasteiger partial charge in [0.25, 0.3) is 11.8 Å². The Morgan fingerprint density at radius 3 is 2.33 bits per heavy atom. The minimum absolute atomic E-state index is 0.00774. The number of nitrogens with one attached hydrogen (secondary N) is 2. The van der Waals surface area contributed by atoms with Crippen LogP contribution in [0.3, 0.4) is 0 Å². The Kier molecular flexibility index (Phi) is 7.31. The number of benzene rings is 2. The van der Waals surface area contributed by atoms with Gasteiger partial charge in [0.1, 0.15) is 17.2 Å². The Hall–Kier alpha value is -3.19. The van der Waals surface area contributed by atoms with E-state index >= 15 is 0 Å². The first-order chi connectivity index (χ1) is 18.5. The number of amides is 2. The summed E-state index contributed by atoms with van der Waals surface area (Å²) in [6.45, 7) is 6.90. The van der Waals surface area contributed by atoms with Crippen LogP contribution >= 0.6 is 11.6 Å². The van der Waals surface area contributed by atoms with E-state index in [1.165, 1.54) is 0 Å². The highest BCUT2D eigenvalue weighted by Crippen LogP contribution is 2.54. The van der Waals surface area contributed by atoms with Crippen molar-refractivity contribution >= 4 is 35.0 Å². The first kappa shape index (κ1) is 27.4. The molecule has 3 aliphatic rings.